The van der Waals surface area contributed by atoms with Crippen LogP contribution in [0.15, 0.2) is 60.8 Å². The Balaban J connectivity index is 3.43. The van der Waals surface area contributed by atoms with Crippen molar-refractivity contribution in [2.24, 2.45) is 0 Å². The van der Waals surface area contributed by atoms with Gasteiger partial charge in [-0.1, -0.05) is 87.4 Å². The maximum atomic E-state index is 2.26. The van der Waals surface area contributed by atoms with Gasteiger partial charge in [0, 0.05) is 0 Å². The second-order valence-corrected chi connectivity index (χ2v) is 4.88. The summed E-state index contributed by atoms with van der Waals surface area (Å²) in [6.07, 6.45) is 31.6. The van der Waals surface area contributed by atoms with Crippen molar-refractivity contribution in [1.82, 2.24) is 0 Å². The minimum atomic E-state index is 1.05. The van der Waals surface area contributed by atoms with Gasteiger partial charge >= 0.3 is 0 Å². The van der Waals surface area contributed by atoms with E-state index in [2.05, 4.69) is 74.6 Å². The van der Waals surface area contributed by atoms with Crippen LogP contribution < -0.4 is 0 Å². The molecule has 0 amide bonds. The van der Waals surface area contributed by atoms with E-state index in [1.165, 1.54) is 25.7 Å². The van der Waals surface area contributed by atoms with Crippen LogP contribution in [0.2, 0.25) is 0 Å². The summed E-state index contributed by atoms with van der Waals surface area (Å²) in [5.41, 5.74) is 0. The monoisotopic (exact) mass is 272 g/mol. The lowest BCUT2D eigenvalue weighted by molar-refractivity contribution is 0.954. The molecule has 0 radical (unpaired) electrons. The van der Waals surface area contributed by atoms with E-state index in [1.54, 1.807) is 0 Å². The summed E-state index contributed by atoms with van der Waals surface area (Å²) in [4.78, 5) is 0. The minimum Gasteiger partial charge on any atom is -0.0882 e. The van der Waals surface area contributed by atoms with Gasteiger partial charge in [-0.2, -0.15) is 0 Å². The molecule has 0 aliphatic rings. The molecule has 0 aliphatic heterocycles. The van der Waals surface area contributed by atoms with Gasteiger partial charge < -0.3 is 0 Å². The molecule has 0 aromatic rings. The molecule has 0 aromatic carbocycles. The van der Waals surface area contributed by atoms with Crippen LogP contribution in [-0.2, 0) is 0 Å². The molecule has 0 saturated carbocycles. The molecule has 0 unspecified atom stereocenters. The first-order chi connectivity index (χ1) is 9.91. The van der Waals surface area contributed by atoms with E-state index < -0.39 is 0 Å². The van der Waals surface area contributed by atoms with Crippen LogP contribution in [0.5, 0.6) is 0 Å². The maximum absolute atomic E-state index is 2.26. The highest BCUT2D eigenvalue weighted by atomic mass is 13.8. The standard InChI is InChI=1S/C20H32/c1-3-5-7-9-11-13-15-17-19-20-18-16-14-12-10-8-6-4-2/h7-10,13-16,19-20H,3-6,11-12,17-18H2,1-2H3/b9-7-,10-8-,15-13-,16-14-,20-19-. The van der Waals surface area contributed by atoms with Crippen LogP contribution in [0.1, 0.15) is 65.2 Å². The molecule has 0 rings (SSSR count). The zero-order chi connectivity index (χ0) is 14.7. The lowest BCUT2D eigenvalue weighted by Crippen LogP contribution is -1.65. The lowest BCUT2D eigenvalue weighted by Gasteiger charge is -1.86. The van der Waals surface area contributed by atoms with Crippen molar-refractivity contribution >= 4 is 0 Å². The quantitative estimate of drug-likeness (QED) is 0.338. The van der Waals surface area contributed by atoms with Crippen molar-refractivity contribution in [2.45, 2.75) is 65.2 Å². The smallest absolute Gasteiger partial charge is 0.0169 e. The lowest BCUT2D eigenvalue weighted by atomic mass is 10.2. The van der Waals surface area contributed by atoms with Crippen LogP contribution in [0.25, 0.3) is 0 Å². The minimum absolute atomic E-state index is 1.05. The van der Waals surface area contributed by atoms with Crippen molar-refractivity contribution in [3.05, 3.63) is 60.8 Å². The van der Waals surface area contributed by atoms with E-state index in [1.807, 2.05) is 0 Å². The Bertz CT molecular complexity index is 281. The van der Waals surface area contributed by atoms with Crippen molar-refractivity contribution < 1.29 is 0 Å². The van der Waals surface area contributed by atoms with Gasteiger partial charge in [-0.05, 0) is 38.5 Å². The molecule has 0 saturated heterocycles. The number of unbranched alkanes of at least 4 members (excludes halogenated alkanes) is 2. The van der Waals surface area contributed by atoms with Gasteiger partial charge in [0.25, 0.3) is 0 Å². The molecule has 0 heterocycles. The fourth-order valence-corrected chi connectivity index (χ4v) is 1.65. The molecular formula is C20H32. The van der Waals surface area contributed by atoms with E-state index in [4.69, 9.17) is 0 Å². The van der Waals surface area contributed by atoms with E-state index in [0.29, 0.717) is 0 Å². The fraction of sp³-hybridized carbons (Fsp3) is 0.500. The Labute approximate surface area is 126 Å². The predicted octanol–water partition coefficient (Wildman–Crippen LogP) is 6.93. The van der Waals surface area contributed by atoms with Gasteiger partial charge in [-0.3, -0.25) is 0 Å². The van der Waals surface area contributed by atoms with Gasteiger partial charge in [0.15, 0.2) is 0 Å². The third-order valence-corrected chi connectivity index (χ3v) is 2.83. The second-order valence-electron chi connectivity index (χ2n) is 4.88. The van der Waals surface area contributed by atoms with Crippen LogP contribution in [0.3, 0.4) is 0 Å². The Hall–Kier alpha value is -1.30. The summed E-state index contributed by atoms with van der Waals surface area (Å²) in [6.45, 7) is 4.42. The topological polar surface area (TPSA) is 0 Å². The molecule has 0 spiro atoms. The molecule has 0 bridgehead atoms. The first kappa shape index (κ1) is 18.7. The zero-order valence-corrected chi connectivity index (χ0v) is 13.4. The molecule has 0 nitrogen and oxygen atoms in total. The number of hydrogen-bond donors (Lipinski definition) is 0. The van der Waals surface area contributed by atoms with E-state index in [0.717, 1.165) is 25.7 Å². The molecule has 112 valence electrons. The summed E-state index contributed by atoms with van der Waals surface area (Å²) in [6, 6.07) is 0. The second kappa shape index (κ2) is 17.7. The van der Waals surface area contributed by atoms with Gasteiger partial charge in [0.2, 0.25) is 0 Å². The highest BCUT2D eigenvalue weighted by Gasteiger charge is 1.76. The number of allylic oxidation sites excluding steroid dienone is 10. The van der Waals surface area contributed by atoms with Gasteiger partial charge in [-0.25, -0.2) is 0 Å². The fourth-order valence-electron chi connectivity index (χ4n) is 1.65. The van der Waals surface area contributed by atoms with E-state index >= 15 is 0 Å². The van der Waals surface area contributed by atoms with Gasteiger partial charge in [0.1, 0.15) is 0 Å². The maximum Gasteiger partial charge on any atom is -0.0169 e. The van der Waals surface area contributed by atoms with Crippen molar-refractivity contribution in [3.8, 4) is 0 Å². The van der Waals surface area contributed by atoms with Crippen molar-refractivity contribution in [2.75, 3.05) is 0 Å². The normalized spacial score (nSPS) is 13.1. The zero-order valence-electron chi connectivity index (χ0n) is 13.4. The number of hydrogen-bond acceptors (Lipinski definition) is 0. The molecule has 0 N–H and O–H groups in total. The largest absolute Gasteiger partial charge is 0.0882 e. The third-order valence-electron chi connectivity index (χ3n) is 2.83. The molecule has 0 fully saturated rings. The first-order valence-corrected chi connectivity index (χ1v) is 8.16. The third kappa shape index (κ3) is 16.7. The Morgan fingerprint density at radius 3 is 0.900 bits per heavy atom. The molecule has 0 atom stereocenters. The average molecular weight is 272 g/mol. The summed E-state index contributed by atoms with van der Waals surface area (Å²) in [5.74, 6) is 0. The Kier molecular flexibility index (Phi) is 16.5. The van der Waals surface area contributed by atoms with Gasteiger partial charge in [-0.15, -0.1) is 0 Å². The van der Waals surface area contributed by atoms with Crippen LogP contribution in [-0.4, -0.2) is 0 Å². The van der Waals surface area contributed by atoms with E-state index in [9.17, 15) is 0 Å². The average Bonchev–Trinajstić information content (AvgIpc) is 2.47. The van der Waals surface area contributed by atoms with Crippen LogP contribution in [0.4, 0.5) is 0 Å². The summed E-state index contributed by atoms with van der Waals surface area (Å²) < 4.78 is 0. The highest BCUT2D eigenvalue weighted by molar-refractivity contribution is 5.00. The molecule has 20 heavy (non-hydrogen) atoms. The van der Waals surface area contributed by atoms with Crippen molar-refractivity contribution in [3.63, 3.8) is 0 Å². The Morgan fingerprint density at radius 2 is 0.650 bits per heavy atom. The van der Waals surface area contributed by atoms with Crippen LogP contribution >= 0.6 is 0 Å². The summed E-state index contributed by atoms with van der Waals surface area (Å²) in [7, 11) is 0. The molecular weight excluding hydrogens is 240 g/mol. The van der Waals surface area contributed by atoms with Gasteiger partial charge in [0.05, 0.1) is 0 Å². The SMILES string of the molecule is CCC/C=C\C/C=C\C/C=C\C/C=C\C/C=C\CCC. The summed E-state index contributed by atoms with van der Waals surface area (Å²) in [5, 5.41) is 0. The molecule has 0 aliphatic carbocycles. The van der Waals surface area contributed by atoms with Crippen molar-refractivity contribution in [1.29, 1.82) is 0 Å². The summed E-state index contributed by atoms with van der Waals surface area (Å²) >= 11 is 0. The van der Waals surface area contributed by atoms with Crippen LogP contribution in [0, 0.1) is 0 Å². The Morgan fingerprint density at radius 1 is 0.400 bits per heavy atom. The predicted molar refractivity (Wildman–Crippen MR) is 94.0 cm³/mol. The molecule has 0 aromatic heterocycles. The number of rotatable bonds is 12. The van der Waals surface area contributed by atoms with E-state index in [-0.39, 0.29) is 0 Å². The highest BCUT2D eigenvalue weighted by Crippen LogP contribution is 1.97. The molecule has 0 heteroatoms. The first-order valence-electron chi connectivity index (χ1n) is 8.16.